The highest BCUT2D eigenvalue weighted by Gasteiger charge is 2.34. The number of alkyl halides is 3. The van der Waals surface area contributed by atoms with Crippen LogP contribution in [0.3, 0.4) is 0 Å². The minimum absolute atomic E-state index is 0.0448. The van der Waals surface area contributed by atoms with Crippen molar-refractivity contribution in [2.75, 3.05) is 0 Å². The number of hydrogen-bond acceptors (Lipinski definition) is 1. The minimum Gasteiger partial charge on any atom is -0.508 e. The maximum absolute atomic E-state index is 13.7. The minimum atomic E-state index is -4.61. The number of phenols is 1. The summed E-state index contributed by atoms with van der Waals surface area (Å²) in [4.78, 5) is 0. The van der Waals surface area contributed by atoms with E-state index in [1.54, 1.807) is 13.1 Å². The van der Waals surface area contributed by atoms with Gasteiger partial charge in [-0.05, 0) is 30.3 Å². The summed E-state index contributed by atoms with van der Waals surface area (Å²) < 4.78 is 69.6. The third-order valence-electron chi connectivity index (χ3n) is 4.87. The fourth-order valence-corrected chi connectivity index (χ4v) is 3.56. The quantitative estimate of drug-likeness (QED) is 0.282. The molecular weight excluding hydrogens is 413 g/mol. The predicted octanol–water partition coefficient (Wildman–Crippen LogP) is 6.25. The number of halogens is 5. The number of fused-ring (bicyclic) bond motifs is 1. The van der Waals surface area contributed by atoms with Gasteiger partial charge in [-0.2, -0.15) is 13.2 Å². The molecule has 1 N–H and O–H groups in total. The molecule has 3 aromatic carbocycles. The summed E-state index contributed by atoms with van der Waals surface area (Å²) in [6, 6.07) is 12.2. The molecule has 4 rings (SSSR count). The molecule has 0 spiro atoms. The predicted molar refractivity (Wildman–Crippen MR) is 107 cm³/mol. The SMILES string of the molecule is Cn1c(-c2ccccc2C(F)(F)F)c(C#Cc2cc(F)cc(F)c2)c2ccc(O)cc21. The summed E-state index contributed by atoms with van der Waals surface area (Å²) in [6.07, 6.45) is -4.61. The van der Waals surface area contributed by atoms with Crippen LogP contribution in [-0.4, -0.2) is 9.67 Å². The molecule has 1 aromatic heterocycles. The molecule has 0 atom stereocenters. The molecular formula is C24H14F5NO. The molecule has 0 saturated heterocycles. The number of aryl methyl sites for hydroxylation is 1. The zero-order valence-electron chi connectivity index (χ0n) is 16.1. The van der Waals surface area contributed by atoms with E-state index in [0.717, 1.165) is 18.2 Å². The van der Waals surface area contributed by atoms with Gasteiger partial charge in [0.25, 0.3) is 0 Å². The molecule has 31 heavy (non-hydrogen) atoms. The number of hydrogen-bond donors (Lipinski definition) is 1. The average Bonchev–Trinajstić information content (AvgIpc) is 2.96. The van der Waals surface area contributed by atoms with Crippen LogP contribution in [0.1, 0.15) is 16.7 Å². The van der Waals surface area contributed by atoms with Crippen molar-refractivity contribution >= 4 is 10.9 Å². The number of phenolic OH excluding ortho intramolecular Hbond substituents is 1. The maximum Gasteiger partial charge on any atom is 0.417 e. The van der Waals surface area contributed by atoms with Gasteiger partial charge < -0.3 is 9.67 Å². The molecule has 0 aliphatic carbocycles. The maximum atomic E-state index is 13.7. The van der Waals surface area contributed by atoms with Crippen LogP contribution < -0.4 is 0 Å². The van der Waals surface area contributed by atoms with Crippen LogP contribution in [0.5, 0.6) is 5.75 Å². The van der Waals surface area contributed by atoms with Gasteiger partial charge in [0.1, 0.15) is 17.4 Å². The van der Waals surface area contributed by atoms with Crippen LogP contribution in [0.4, 0.5) is 22.0 Å². The lowest BCUT2D eigenvalue weighted by molar-refractivity contribution is -0.137. The number of aromatic nitrogens is 1. The molecule has 7 heteroatoms. The van der Waals surface area contributed by atoms with E-state index in [0.29, 0.717) is 17.0 Å². The average molecular weight is 427 g/mol. The summed E-state index contributed by atoms with van der Waals surface area (Å²) >= 11 is 0. The first-order valence-corrected chi connectivity index (χ1v) is 9.11. The van der Waals surface area contributed by atoms with Crippen LogP contribution in [0.25, 0.3) is 22.2 Å². The fraction of sp³-hybridized carbons (Fsp3) is 0.0833. The molecule has 0 radical (unpaired) electrons. The Morgan fingerprint density at radius 1 is 0.871 bits per heavy atom. The second-order valence-electron chi connectivity index (χ2n) is 6.94. The number of nitrogens with zero attached hydrogens (tertiary/aromatic N) is 1. The van der Waals surface area contributed by atoms with Gasteiger partial charge >= 0.3 is 6.18 Å². The Kier molecular flexibility index (Phi) is 4.94. The van der Waals surface area contributed by atoms with Gasteiger partial charge in [0.05, 0.1) is 22.3 Å². The van der Waals surface area contributed by atoms with Crippen LogP contribution in [0.15, 0.2) is 60.7 Å². The summed E-state index contributed by atoms with van der Waals surface area (Å²) in [6.45, 7) is 0. The molecule has 0 bridgehead atoms. The van der Waals surface area contributed by atoms with Crippen molar-refractivity contribution in [3.05, 3.63) is 89.0 Å². The van der Waals surface area contributed by atoms with E-state index in [4.69, 9.17) is 0 Å². The smallest absolute Gasteiger partial charge is 0.417 e. The van der Waals surface area contributed by atoms with Crippen LogP contribution >= 0.6 is 0 Å². The molecule has 0 unspecified atom stereocenters. The number of aromatic hydroxyl groups is 1. The fourth-order valence-electron chi connectivity index (χ4n) is 3.56. The first-order valence-electron chi connectivity index (χ1n) is 9.11. The van der Waals surface area contributed by atoms with Crippen LogP contribution in [-0.2, 0) is 13.2 Å². The molecule has 1 heterocycles. The van der Waals surface area contributed by atoms with Gasteiger partial charge in [0.2, 0.25) is 0 Å². The first-order chi connectivity index (χ1) is 14.6. The summed E-state index contributed by atoms with van der Waals surface area (Å²) in [5, 5.41) is 10.4. The van der Waals surface area contributed by atoms with E-state index < -0.39 is 23.4 Å². The summed E-state index contributed by atoms with van der Waals surface area (Å²) in [5.74, 6) is 3.75. The van der Waals surface area contributed by atoms with Gasteiger partial charge in [0, 0.05) is 35.7 Å². The third-order valence-corrected chi connectivity index (χ3v) is 4.87. The third kappa shape index (κ3) is 3.84. The van der Waals surface area contributed by atoms with Crippen molar-refractivity contribution in [3.63, 3.8) is 0 Å². The second kappa shape index (κ2) is 7.47. The zero-order chi connectivity index (χ0) is 22.3. The Morgan fingerprint density at radius 3 is 2.23 bits per heavy atom. The summed E-state index contributed by atoms with van der Waals surface area (Å²) in [7, 11) is 1.57. The van der Waals surface area contributed by atoms with Crippen molar-refractivity contribution in [3.8, 4) is 28.8 Å². The van der Waals surface area contributed by atoms with Crippen LogP contribution in [0, 0.1) is 23.5 Å². The first kappa shape index (κ1) is 20.5. The van der Waals surface area contributed by atoms with Crippen molar-refractivity contribution in [2.24, 2.45) is 7.05 Å². The topological polar surface area (TPSA) is 25.2 Å². The lowest BCUT2D eigenvalue weighted by Gasteiger charge is -2.14. The molecule has 0 amide bonds. The second-order valence-corrected chi connectivity index (χ2v) is 6.94. The molecule has 0 aliphatic rings. The highest BCUT2D eigenvalue weighted by Crippen LogP contribution is 2.41. The van der Waals surface area contributed by atoms with E-state index in [9.17, 15) is 27.1 Å². The van der Waals surface area contributed by atoms with Crippen molar-refractivity contribution in [1.29, 1.82) is 0 Å². The Labute approximate surface area is 174 Å². The molecule has 4 aromatic rings. The lowest BCUT2D eigenvalue weighted by atomic mass is 9.99. The number of benzene rings is 3. The Balaban J connectivity index is 2.04. The largest absolute Gasteiger partial charge is 0.508 e. The zero-order valence-corrected chi connectivity index (χ0v) is 16.1. The van der Waals surface area contributed by atoms with Gasteiger partial charge in [0.15, 0.2) is 0 Å². The molecule has 0 fully saturated rings. The Hall–Kier alpha value is -3.79. The van der Waals surface area contributed by atoms with E-state index in [2.05, 4.69) is 11.8 Å². The van der Waals surface area contributed by atoms with Gasteiger partial charge in [-0.1, -0.05) is 30.0 Å². The van der Waals surface area contributed by atoms with Crippen molar-refractivity contribution < 1.29 is 27.1 Å². The van der Waals surface area contributed by atoms with E-state index in [1.807, 2.05) is 0 Å². The molecule has 0 saturated carbocycles. The van der Waals surface area contributed by atoms with E-state index >= 15 is 0 Å². The monoisotopic (exact) mass is 427 g/mol. The molecule has 156 valence electrons. The Bertz CT molecular complexity index is 1350. The van der Waals surface area contributed by atoms with E-state index in [1.165, 1.54) is 34.9 Å². The normalized spacial score (nSPS) is 11.4. The molecule has 2 nitrogen and oxygen atoms in total. The van der Waals surface area contributed by atoms with Gasteiger partial charge in [-0.3, -0.25) is 0 Å². The standard InChI is InChI=1S/C24H14F5NO/c1-30-22-13-17(31)7-9-18(22)19(8-6-14-10-15(25)12-16(26)11-14)23(30)20-4-2-3-5-21(20)24(27,28)29/h2-5,7,9-13,31H,1H3. The van der Waals surface area contributed by atoms with Crippen molar-refractivity contribution in [1.82, 2.24) is 4.57 Å². The lowest BCUT2D eigenvalue weighted by Crippen LogP contribution is -2.08. The van der Waals surface area contributed by atoms with Crippen molar-refractivity contribution in [2.45, 2.75) is 6.18 Å². The Morgan fingerprint density at radius 2 is 1.55 bits per heavy atom. The highest BCUT2D eigenvalue weighted by atomic mass is 19.4. The van der Waals surface area contributed by atoms with Gasteiger partial charge in [-0.25, -0.2) is 8.78 Å². The molecule has 0 aliphatic heterocycles. The highest BCUT2D eigenvalue weighted by molar-refractivity contribution is 5.96. The van der Waals surface area contributed by atoms with Gasteiger partial charge in [-0.15, -0.1) is 0 Å². The van der Waals surface area contributed by atoms with E-state index in [-0.39, 0.29) is 28.1 Å². The number of rotatable bonds is 1. The summed E-state index contributed by atoms with van der Waals surface area (Å²) in [5.41, 5.74) is -0.00491. The van der Waals surface area contributed by atoms with Crippen LogP contribution in [0.2, 0.25) is 0 Å².